The molecule has 3 aromatic rings. The van der Waals surface area contributed by atoms with E-state index in [2.05, 4.69) is 20.7 Å². The summed E-state index contributed by atoms with van der Waals surface area (Å²) in [6.45, 7) is 0. The maximum atomic E-state index is 12.0. The summed E-state index contributed by atoms with van der Waals surface area (Å²) >= 11 is 12.1. The van der Waals surface area contributed by atoms with Gasteiger partial charge in [-0.3, -0.25) is 14.9 Å². The van der Waals surface area contributed by atoms with Crippen LogP contribution in [0.3, 0.4) is 0 Å². The first kappa shape index (κ1) is 20.9. The summed E-state index contributed by atoms with van der Waals surface area (Å²) in [7, 11) is 0. The van der Waals surface area contributed by atoms with Crippen molar-refractivity contribution >= 4 is 52.7 Å². The predicted octanol–water partition coefficient (Wildman–Crippen LogP) is 4.44. The highest BCUT2D eigenvalue weighted by molar-refractivity contribution is 6.30. The Labute approximate surface area is 187 Å². The van der Waals surface area contributed by atoms with Gasteiger partial charge < -0.3 is 10.4 Å². The molecule has 1 amide bonds. The molecule has 1 aliphatic rings. The molecule has 158 valence electrons. The maximum Gasteiger partial charge on any atom is 0.303 e. The average Bonchev–Trinajstić information content (AvgIpc) is 3.15. The van der Waals surface area contributed by atoms with E-state index in [1.54, 1.807) is 28.9 Å². The van der Waals surface area contributed by atoms with Gasteiger partial charge in [-0.25, -0.2) is 4.68 Å². The largest absolute Gasteiger partial charge is 0.481 e. The van der Waals surface area contributed by atoms with E-state index in [-0.39, 0.29) is 24.8 Å². The number of allylic oxidation sites excluding steroid dienone is 1. The van der Waals surface area contributed by atoms with Crippen molar-refractivity contribution in [2.45, 2.75) is 18.9 Å². The zero-order valence-electron chi connectivity index (χ0n) is 16.0. The second kappa shape index (κ2) is 8.79. The number of hydrogen-bond acceptors (Lipinski definition) is 5. The van der Waals surface area contributed by atoms with Crippen molar-refractivity contribution in [2.24, 2.45) is 0 Å². The standard InChI is InChI=1S/C21H17Cl2N5O3/c22-14-5-1-12(2-6-14)16-11-17(13-3-7-15(23)8-4-13)28-21(24-16)26-20(27-28)25-18(29)9-10-19(30)31/h1-8,11,17H,9-10H2,(H,30,31)(H2,24,25,26,27,29)/t17-/m1/s1. The molecule has 1 aliphatic heterocycles. The van der Waals surface area contributed by atoms with Crippen molar-refractivity contribution in [3.8, 4) is 0 Å². The van der Waals surface area contributed by atoms with Crippen LogP contribution in [0.2, 0.25) is 10.0 Å². The van der Waals surface area contributed by atoms with Crippen LogP contribution in [0.5, 0.6) is 0 Å². The Hall–Kier alpha value is -3.36. The molecule has 1 atom stereocenters. The summed E-state index contributed by atoms with van der Waals surface area (Å²) in [5, 5.41) is 20.2. The minimum Gasteiger partial charge on any atom is -0.481 e. The van der Waals surface area contributed by atoms with Crippen molar-refractivity contribution < 1.29 is 14.7 Å². The second-order valence-electron chi connectivity index (χ2n) is 6.85. The van der Waals surface area contributed by atoms with Gasteiger partial charge in [-0.1, -0.05) is 47.5 Å². The number of nitrogens with one attached hydrogen (secondary N) is 2. The van der Waals surface area contributed by atoms with Gasteiger partial charge in [-0.2, -0.15) is 4.98 Å². The van der Waals surface area contributed by atoms with E-state index in [4.69, 9.17) is 28.3 Å². The van der Waals surface area contributed by atoms with Crippen LogP contribution >= 0.6 is 23.2 Å². The van der Waals surface area contributed by atoms with Crippen LogP contribution in [0.25, 0.3) is 5.70 Å². The zero-order valence-corrected chi connectivity index (χ0v) is 17.6. The van der Waals surface area contributed by atoms with Gasteiger partial charge in [-0.15, -0.1) is 5.10 Å². The van der Waals surface area contributed by atoms with Crippen molar-refractivity contribution in [3.05, 3.63) is 75.8 Å². The molecule has 0 radical (unpaired) electrons. The van der Waals surface area contributed by atoms with Crippen molar-refractivity contribution in [2.75, 3.05) is 10.6 Å². The number of carbonyl (C=O) groups is 2. The van der Waals surface area contributed by atoms with E-state index in [1.165, 1.54) is 0 Å². The van der Waals surface area contributed by atoms with Gasteiger partial charge in [0.25, 0.3) is 5.95 Å². The highest BCUT2D eigenvalue weighted by Gasteiger charge is 2.26. The number of carboxylic acids is 1. The molecule has 10 heteroatoms. The smallest absolute Gasteiger partial charge is 0.303 e. The molecule has 0 spiro atoms. The third-order valence-electron chi connectivity index (χ3n) is 4.65. The maximum absolute atomic E-state index is 12.0. The average molecular weight is 458 g/mol. The molecule has 0 bridgehead atoms. The minimum atomic E-state index is -1.05. The number of anilines is 2. The topological polar surface area (TPSA) is 109 Å². The fraction of sp³-hybridized carbons (Fsp3) is 0.143. The highest BCUT2D eigenvalue weighted by Crippen LogP contribution is 2.33. The molecule has 0 saturated heterocycles. The van der Waals surface area contributed by atoms with E-state index in [1.807, 2.05) is 30.3 Å². The van der Waals surface area contributed by atoms with E-state index >= 15 is 0 Å². The molecule has 31 heavy (non-hydrogen) atoms. The monoisotopic (exact) mass is 457 g/mol. The van der Waals surface area contributed by atoms with Crippen LogP contribution in [0.15, 0.2) is 54.6 Å². The minimum absolute atomic E-state index is 0.0857. The van der Waals surface area contributed by atoms with Crippen LogP contribution < -0.4 is 10.6 Å². The summed E-state index contributed by atoms with van der Waals surface area (Å²) in [5.41, 5.74) is 2.64. The van der Waals surface area contributed by atoms with Crippen LogP contribution in [0.1, 0.15) is 30.0 Å². The lowest BCUT2D eigenvalue weighted by molar-refractivity contribution is -0.138. The summed E-state index contributed by atoms with van der Waals surface area (Å²) in [6.07, 6.45) is 1.55. The lowest BCUT2D eigenvalue weighted by Gasteiger charge is -2.24. The molecule has 0 fully saturated rings. The summed E-state index contributed by atoms with van der Waals surface area (Å²) in [4.78, 5) is 27.1. The first-order valence-corrected chi connectivity index (χ1v) is 10.1. The van der Waals surface area contributed by atoms with Gasteiger partial charge >= 0.3 is 5.97 Å². The lowest BCUT2D eigenvalue weighted by atomic mass is 10.0. The third kappa shape index (κ3) is 4.87. The number of carbonyl (C=O) groups excluding carboxylic acids is 1. The summed E-state index contributed by atoms with van der Waals surface area (Å²) in [6, 6.07) is 14.4. The first-order chi connectivity index (χ1) is 14.9. The van der Waals surface area contributed by atoms with E-state index in [0.29, 0.717) is 16.0 Å². The number of fused-ring (bicyclic) bond motifs is 1. The molecule has 1 aromatic heterocycles. The normalized spacial score (nSPS) is 14.9. The zero-order chi connectivity index (χ0) is 22.0. The molecular weight excluding hydrogens is 441 g/mol. The van der Waals surface area contributed by atoms with Crippen molar-refractivity contribution in [3.63, 3.8) is 0 Å². The summed E-state index contributed by atoms with van der Waals surface area (Å²) in [5.74, 6) is -1.00. The highest BCUT2D eigenvalue weighted by atomic mass is 35.5. The van der Waals surface area contributed by atoms with Crippen LogP contribution in [-0.2, 0) is 9.59 Å². The van der Waals surface area contributed by atoms with Gasteiger partial charge in [0.1, 0.15) is 6.04 Å². The fourth-order valence-corrected chi connectivity index (χ4v) is 3.40. The van der Waals surface area contributed by atoms with Crippen molar-refractivity contribution in [1.82, 2.24) is 14.8 Å². The van der Waals surface area contributed by atoms with Gasteiger partial charge in [0.15, 0.2) is 0 Å². The number of nitrogens with zero attached hydrogens (tertiary/aromatic N) is 3. The molecule has 2 heterocycles. The van der Waals surface area contributed by atoms with E-state index < -0.39 is 11.9 Å². The Morgan fingerprint density at radius 2 is 1.68 bits per heavy atom. The molecular formula is C21H17Cl2N5O3. The Morgan fingerprint density at radius 1 is 1.03 bits per heavy atom. The molecule has 4 rings (SSSR count). The van der Waals surface area contributed by atoms with Crippen LogP contribution in [0.4, 0.5) is 11.9 Å². The molecule has 3 N–H and O–H groups in total. The first-order valence-electron chi connectivity index (χ1n) is 9.37. The van der Waals surface area contributed by atoms with Gasteiger partial charge in [0.05, 0.1) is 6.42 Å². The number of rotatable bonds is 6. The van der Waals surface area contributed by atoms with E-state index in [0.717, 1.165) is 16.8 Å². The molecule has 8 nitrogen and oxygen atoms in total. The molecule has 0 aliphatic carbocycles. The van der Waals surface area contributed by atoms with Gasteiger partial charge in [-0.05, 0) is 41.5 Å². The molecule has 0 saturated carbocycles. The van der Waals surface area contributed by atoms with Crippen LogP contribution in [-0.4, -0.2) is 31.7 Å². The van der Waals surface area contributed by atoms with E-state index in [9.17, 15) is 9.59 Å². The number of aromatic nitrogens is 3. The lowest BCUT2D eigenvalue weighted by Crippen LogP contribution is -2.20. The van der Waals surface area contributed by atoms with Gasteiger partial charge in [0, 0.05) is 22.2 Å². The van der Waals surface area contributed by atoms with Crippen LogP contribution in [0, 0.1) is 0 Å². The Kier molecular flexibility index (Phi) is 5.92. The Balaban J connectivity index is 1.67. The number of halogens is 2. The Bertz CT molecular complexity index is 1160. The number of benzene rings is 2. The second-order valence-corrected chi connectivity index (χ2v) is 7.73. The molecule has 2 aromatic carbocycles. The number of hydrogen-bond donors (Lipinski definition) is 3. The van der Waals surface area contributed by atoms with Crippen molar-refractivity contribution in [1.29, 1.82) is 0 Å². The summed E-state index contributed by atoms with van der Waals surface area (Å²) < 4.78 is 1.65. The number of carboxylic acid groups (broad SMARTS) is 1. The SMILES string of the molecule is O=C(O)CCC(=O)Nc1nc2n(n1)[C@@H](c1ccc(Cl)cc1)C=C(c1ccc(Cl)cc1)N2. The number of amides is 1. The van der Waals surface area contributed by atoms with Gasteiger partial charge in [0.2, 0.25) is 11.9 Å². The fourth-order valence-electron chi connectivity index (χ4n) is 3.15. The predicted molar refractivity (Wildman–Crippen MR) is 118 cm³/mol. The number of aliphatic carboxylic acids is 1. The Morgan fingerprint density at radius 3 is 2.32 bits per heavy atom. The third-order valence-corrected chi connectivity index (χ3v) is 5.15. The molecule has 0 unspecified atom stereocenters. The quantitative estimate of drug-likeness (QED) is 0.504.